The Morgan fingerprint density at radius 2 is 1.97 bits per heavy atom. The van der Waals surface area contributed by atoms with Crippen molar-refractivity contribution < 1.29 is 9.50 Å². The van der Waals surface area contributed by atoms with Crippen molar-refractivity contribution in [1.29, 1.82) is 0 Å². The third kappa shape index (κ3) is 3.47. The first-order valence-corrected chi connectivity index (χ1v) is 10.2. The van der Waals surface area contributed by atoms with E-state index in [4.69, 9.17) is 5.10 Å². The summed E-state index contributed by atoms with van der Waals surface area (Å²) in [5, 5.41) is 18.9. The first-order valence-electron chi connectivity index (χ1n) is 9.38. The summed E-state index contributed by atoms with van der Waals surface area (Å²) < 4.78 is 15.1. The van der Waals surface area contributed by atoms with Gasteiger partial charge in [-0.2, -0.15) is 0 Å². The smallest absolute Gasteiger partial charge is 0.194 e. The number of nitrogens with one attached hydrogen (secondary N) is 1. The van der Waals surface area contributed by atoms with Gasteiger partial charge in [-0.1, -0.05) is 12.1 Å². The van der Waals surface area contributed by atoms with Gasteiger partial charge in [0.1, 0.15) is 17.0 Å². The highest BCUT2D eigenvalue weighted by atomic mass is 32.2. The second-order valence-electron chi connectivity index (χ2n) is 6.71. The van der Waals surface area contributed by atoms with Crippen LogP contribution in [0.3, 0.4) is 0 Å². The minimum atomic E-state index is -0.339. The molecular formula is C21H17FN6OS. The standard InChI is InChI=1S/C21H17FN6OS/c22-16-5-3-13(4-6-16)15-10-17-19(24-8-9-29)28-21(30-20(17)25-12-15)26-18(27-28)14-2-1-7-23-11-14/h1-7,10-12,19,24,29H,8-9H2/t19-/m0/s1. The number of halogens is 1. The molecule has 0 saturated heterocycles. The molecular weight excluding hydrogens is 403 g/mol. The third-order valence-corrected chi connectivity index (χ3v) is 5.75. The molecule has 150 valence electrons. The fourth-order valence-corrected chi connectivity index (χ4v) is 4.27. The van der Waals surface area contributed by atoms with Crippen LogP contribution in [0.5, 0.6) is 0 Å². The molecule has 1 aromatic carbocycles. The topological polar surface area (TPSA) is 88.8 Å². The number of fused-ring (bicyclic) bond motifs is 2. The number of hydrogen-bond acceptors (Lipinski definition) is 7. The lowest BCUT2D eigenvalue weighted by atomic mass is 10.0. The summed E-state index contributed by atoms with van der Waals surface area (Å²) in [7, 11) is 0. The summed E-state index contributed by atoms with van der Waals surface area (Å²) >= 11 is 1.44. The number of aliphatic hydroxyl groups is 1. The molecule has 1 atom stereocenters. The number of pyridine rings is 2. The van der Waals surface area contributed by atoms with Gasteiger partial charge in [-0.25, -0.2) is 19.0 Å². The van der Waals surface area contributed by atoms with Crippen molar-refractivity contribution >= 4 is 11.8 Å². The zero-order chi connectivity index (χ0) is 20.5. The summed E-state index contributed by atoms with van der Waals surface area (Å²) in [4.78, 5) is 13.4. The van der Waals surface area contributed by atoms with Gasteiger partial charge in [-0.15, -0.1) is 5.10 Å². The Balaban J connectivity index is 1.57. The van der Waals surface area contributed by atoms with Crippen molar-refractivity contribution in [3.8, 4) is 22.5 Å². The van der Waals surface area contributed by atoms with Crippen LogP contribution in [0.4, 0.5) is 4.39 Å². The fourth-order valence-electron chi connectivity index (χ4n) is 3.33. The van der Waals surface area contributed by atoms with E-state index < -0.39 is 0 Å². The number of aromatic nitrogens is 5. The van der Waals surface area contributed by atoms with E-state index in [-0.39, 0.29) is 18.6 Å². The lowest BCUT2D eigenvalue weighted by Gasteiger charge is -2.26. The highest BCUT2D eigenvalue weighted by Gasteiger charge is 2.30. The molecule has 3 aromatic heterocycles. The van der Waals surface area contributed by atoms with Crippen LogP contribution in [0.15, 0.2) is 71.2 Å². The second-order valence-corrected chi connectivity index (χ2v) is 7.67. The summed E-state index contributed by atoms with van der Waals surface area (Å²) in [6.07, 6.45) is 4.86. The second kappa shape index (κ2) is 7.94. The molecule has 4 aromatic rings. The molecule has 0 amide bonds. The molecule has 0 aliphatic carbocycles. The summed E-state index contributed by atoms with van der Waals surface area (Å²) in [5.41, 5.74) is 3.49. The quantitative estimate of drug-likeness (QED) is 0.513. The van der Waals surface area contributed by atoms with Gasteiger partial charge in [0.2, 0.25) is 0 Å². The molecule has 0 saturated carbocycles. The molecule has 7 nitrogen and oxygen atoms in total. The molecule has 1 aliphatic heterocycles. The van der Waals surface area contributed by atoms with E-state index in [1.54, 1.807) is 35.4 Å². The predicted octanol–water partition coefficient (Wildman–Crippen LogP) is 3.13. The van der Waals surface area contributed by atoms with Crippen molar-refractivity contribution in [3.05, 3.63) is 72.4 Å². The summed E-state index contributed by atoms with van der Waals surface area (Å²) in [6.45, 7) is 0.376. The van der Waals surface area contributed by atoms with Crippen LogP contribution >= 0.6 is 11.8 Å². The fraction of sp³-hybridized carbons (Fsp3) is 0.143. The molecule has 30 heavy (non-hydrogen) atoms. The largest absolute Gasteiger partial charge is 0.395 e. The summed E-state index contributed by atoms with van der Waals surface area (Å²) in [6, 6.07) is 12.1. The molecule has 0 spiro atoms. The van der Waals surface area contributed by atoms with Crippen LogP contribution in [-0.2, 0) is 0 Å². The maximum Gasteiger partial charge on any atom is 0.194 e. The first kappa shape index (κ1) is 18.9. The molecule has 9 heteroatoms. The number of nitrogens with zero attached hydrogens (tertiary/aromatic N) is 5. The monoisotopic (exact) mass is 420 g/mol. The molecule has 0 bridgehead atoms. The highest BCUT2D eigenvalue weighted by Crippen LogP contribution is 2.40. The van der Waals surface area contributed by atoms with Crippen LogP contribution in [-0.4, -0.2) is 43.0 Å². The van der Waals surface area contributed by atoms with Gasteiger partial charge in [-0.3, -0.25) is 10.3 Å². The van der Waals surface area contributed by atoms with Gasteiger partial charge in [0.15, 0.2) is 11.0 Å². The average Bonchev–Trinajstić information content (AvgIpc) is 3.21. The Kier molecular flexibility index (Phi) is 4.99. The zero-order valence-electron chi connectivity index (χ0n) is 15.7. The van der Waals surface area contributed by atoms with Gasteiger partial charge in [0.05, 0.1) is 6.61 Å². The van der Waals surface area contributed by atoms with Crippen molar-refractivity contribution in [1.82, 2.24) is 30.0 Å². The predicted molar refractivity (Wildman–Crippen MR) is 110 cm³/mol. The minimum Gasteiger partial charge on any atom is -0.395 e. The van der Waals surface area contributed by atoms with Gasteiger partial charge in [0.25, 0.3) is 0 Å². The van der Waals surface area contributed by atoms with Crippen LogP contribution in [0.1, 0.15) is 11.7 Å². The molecule has 1 aliphatic rings. The van der Waals surface area contributed by atoms with E-state index in [9.17, 15) is 9.50 Å². The summed E-state index contributed by atoms with van der Waals surface area (Å²) in [5.74, 6) is 0.297. The molecule has 5 rings (SSSR count). The Hall–Kier alpha value is -3.14. The lowest BCUT2D eigenvalue weighted by molar-refractivity contribution is 0.271. The highest BCUT2D eigenvalue weighted by molar-refractivity contribution is 7.99. The Labute approximate surface area is 176 Å². The Bertz CT molecular complexity index is 1180. The van der Waals surface area contributed by atoms with Crippen LogP contribution in [0.25, 0.3) is 22.5 Å². The number of hydrogen-bond donors (Lipinski definition) is 2. The van der Waals surface area contributed by atoms with Gasteiger partial charge >= 0.3 is 0 Å². The van der Waals surface area contributed by atoms with Crippen LogP contribution in [0, 0.1) is 5.82 Å². The van der Waals surface area contributed by atoms with Crippen molar-refractivity contribution in [2.24, 2.45) is 0 Å². The molecule has 0 unspecified atom stereocenters. The van der Waals surface area contributed by atoms with Crippen molar-refractivity contribution in [3.63, 3.8) is 0 Å². The van der Waals surface area contributed by atoms with E-state index >= 15 is 0 Å². The van der Waals surface area contributed by atoms with E-state index in [0.29, 0.717) is 17.5 Å². The van der Waals surface area contributed by atoms with Crippen molar-refractivity contribution in [2.75, 3.05) is 13.2 Å². The van der Waals surface area contributed by atoms with Gasteiger partial charge in [0, 0.05) is 41.8 Å². The Morgan fingerprint density at radius 3 is 2.73 bits per heavy atom. The van der Waals surface area contributed by atoms with E-state index in [2.05, 4.69) is 20.3 Å². The normalized spacial score (nSPS) is 14.9. The number of rotatable bonds is 5. The SMILES string of the molecule is OCCN[C@@H]1c2cc(-c3ccc(F)cc3)cnc2Sc2nc(-c3cccnc3)nn21. The van der Waals surface area contributed by atoms with E-state index in [1.807, 2.05) is 18.2 Å². The van der Waals surface area contributed by atoms with Crippen molar-refractivity contribution in [2.45, 2.75) is 16.3 Å². The van der Waals surface area contributed by atoms with Gasteiger partial charge in [-0.05, 0) is 47.7 Å². The third-order valence-electron chi connectivity index (χ3n) is 4.75. The average molecular weight is 420 g/mol. The van der Waals surface area contributed by atoms with Crippen LogP contribution in [0.2, 0.25) is 0 Å². The van der Waals surface area contributed by atoms with E-state index in [0.717, 1.165) is 27.3 Å². The minimum absolute atomic E-state index is 0.0104. The maximum absolute atomic E-state index is 13.3. The molecule has 0 fully saturated rings. The first-order chi connectivity index (χ1) is 14.7. The molecule has 2 N–H and O–H groups in total. The van der Waals surface area contributed by atoms with E-state index in [1.165, 1.54) is 23.9 Å². The maximum atomic E-state index is 13.3. The van der Waals surface area contributed by atoms with Gasteiger partial charge < -0.3 is 5.11 Å². The Morgan fingerprint density at radius 1 is 1.10 bits per heavy atom. The van der Waals surface area contributed by atoms with Crippen LogP contribution < -0.4 is 5.32 Å². The molecule has 0 radical (unpaired) electrons. The lowest BCUT2D eigenvalue weighted by Crippen LogP contribution is -2.33. The number of aliphatic hydroxyl groups excluding tert-OH is 1. The zero-order valence-corrected chi connectivity index (χ0v) is 16.6. The number of benzene rings is 1. The molecule has 4 heterocycles.